The molecule has 5 heteroatoms. The Labute approximate surface area is 180 Å². The molecule has 30 heavy (non-hydrogen) atoms. The van der Waals surface area contributed by atoms with Gasteiger partial charge in [0.25, 0.3) is 0 Å². The zero-order valence-electron chi connectivity index (χ0n) is 16.4. The van der Waals surface area contributed by atoms with E-state index in [0.29, 0.717) is 6.54 Å². The van der Waals surface area contributed by atoms with Gasteiger partial charge in [0.05, 0.1) is 24.3 Å². The van der Waals surface area contributed by atoms with E-state index < -0.39 is 0 Å². The first-order valence-electron chi connectivity index (χ1n) is 9.84. The summed E-state index contributed by atoms with van der Waals surface area (Å²) in [5.74, 6) is 0. The zero-order chi connectivity index (χ0) is 20.5. The number of rotatable bonds is 5. The Hall–Kier alpha value is -3.50. The molecule has 0 aliphatic heterocycles. The van der Waals surface area contributed by atoms with Gasteiger partial charge in [-0.1, -0.05) is 66.2 Å². The number of benzene rings is 3. The molecule has 5 rings (SSSR count). The summed E-state index contributed by atoms with van der Waals surface area (Å²) in [5.41, 5.74) is 11.7. The molecule has 2 N–H and O–H groups in total. The molecule has 0 bridgehead atoms. The first kappa shape index (κ1) is 18.5. The average molecular weight is 413 g/mol. The third-order valence-electron chi connectivity index (χ3n) is 5.40. The molecule has 0 unspecified atom stereocenters. The van der Waals surface area contributed by atoms with Crippen molar-refractivity contribution in [2.24, 2.45) is 0 Å². The molecule has 0 saturated heterocycles. The predicted octanol–water partition coefficient (Wildman–Crippen LogP) is 5.84. The van der Waals surface area contributed by atoms with Gasteiger partial charge in [-0.05, 0) is 34.0 Å². The van der Waals surface area contributed by atoms with E-state index in [-0.39, 0.29) is 0 Å². The van der Waals surface area contributed by atoms with Gasteiger partial charge in [0.2, 0.25) is 0 Å². The second-order valence-electron chi connectivity index (χ2n) is 7.47. The van der Waals surface area contributed by atoms with Gasteiger partial charge in [-0.15, -0.1) is 0 Å². The number of halogens is 1. The highest BCUT2D eigenvalue weighted by atomic mass is 35.5. The van der Waals surface area contributed by atoms with E-state index in [9.17, 15) is 0 Å². The highest BCUT2D eigenvalue weighted by Gasteiger charge is 2.11. The van der Waals surface area contributed by atoms with Crippen molar-refractivity contribution in [3.8, 4) is 11.1 Å². The molecule has 3 aromatic carbocycles. The number of anilines is 1. The lowest BCUT2D eigenvalue weighted by Gasteiger charge is -2.09. The lowest BCUT2D eigenvalue weighted by molar-refractivity contribution is 0.688. The lowest BCUT2D eigenvalue weighted by Crippen LogP contribution is -2.07. The van der Waals surface area contributed by atoms with Crippen LogP contribution in [0.2, 0.25) is 5.02 Å². The molecule has 0 atom stereocenters. The first-order chi connectivity index (χ1) is 14.7. The Balaban J connectivity index is 1.44. The molecule has 0 fully saturated rings. The van der Waals surface area contributed by atoms with Crippen LogP contribution in [0.1, 0.15) is 11.3 Å². The number of aromatic nitrogens is 3. The Morgan fingerprint density at radius 1 is 0.833 bits per heavy atom. The SMILES string of the molecule is Nc1cn(Cc2cncn2Cc2ccc(Cl)cc2)cc1-c1cccc2ccccc12. The lowest BCUT2D eigenvalue weighted by atomic mass is 10.00. The van der Waals surface area contributed by atoms with Gasteiger partial charge in [-0.25, -0.2) is 4.98 Å². The third-order valence-corrected chi connectivity index (χ3v) is 5.65. The van der Waals surface area contributed by atoms with Gasteiger partial charge < -0.3 is 14.9 Å². The van der Waals surface area contributed by atoms with Gasteiger partial charge in [0.1, 0.15) is 0 Å². The molecule has 0 radical (unpaired) electrons. The quantitative estimate of drug-likeness (QED) is 0.394. The summed E-state index contributed by atoms with van der Waals surface area (Å²) >= 11 is 6.00. The molecule has 4 nitrogen and oxygen atoms in total. The van der Waals surface area contributed by atoms with Gasteiger partial charge in [-0.3, -0.25) is 0 Å². The molecule has 2 heterocycles. The summed E-state index contributed by atoms with van der Waals surface area (Å²) in [5, 5.41) is 3.16. The molecule has 0 saturated carbocycles. The maximum Gasteiger partial charge on any atom is 0.0951 e. The van der Waals surface area contributed by atoms with Crippen molar-refractivity contribution in [2.45, 2.75) is 13.1 Å². The number of hydrogen-bond acceptors (Lipinski definition) is 2. The van der Waals surface area contributed by atoms with E-state index in [4.69, 9.17) is 17.3 Å². The number of imidazole rings is 1. The first-order valence-corrected chi connectivity index (χ1v) is 10.2. The van der Waals surface area contributed by atoms with Crippen LogP contribution in [0.3, 0.4) is 0 Å². The van der Waals surface area contributed by atoms with E-state index in [1.54, 1.807) is 0 Å². The summed E-state index contributed by atoms with van der Waals surface area (Å²) in [4.78, 5) is 4.35. The smallest absolute Gasteiger partial charge is 0.0951 e. The fraction of sp³-hybridized carbons (Fsp3) is 0.0800. The Bertz CT molecular complexity index is 1310. The van der Waals surface area contributed by atoms with Crippen LogP contribution in [-0.4, -0.2) is 14.1 Å². The summed E-state index contributed by atoms with van der Waals surface area (Å²) in [6.45, 7) is 1.45. The van der Waals surface area contributed by atoms with Crippen LogP contribution < -0.4 is 5.73 Å². The molecule has 0 spiro atoms. The van der Waals surface area contributed by atoms with E-state index in [2.05, 4.69) is 62.8 Å². The largest absolute Gasteiger partial charge is 0.397 e. The monoisotopic (exact) mass is 412 g/mol. The third kappa shape index (κ3) is 3.58. The van der Waals surface area contributed by atoms with Crippen molar-refractivity contribution in [1.29, 1.82) is 0 Å². The zero-order valence-corrected chi connectivity index (χ0v) is 17.1. The summed E-state index contributed by atoms with van der Waals surface area (Å²) in [6, 6.07) is 22.6. The fourth-order valence-corrected chi connectivity index (χ4v) is 4.02. The molecule has 148 valence electrons. The van der Waals surface area contributed by atoms with Crippen molar-refractivity contribution < 1.29 is 0 Å². The molecule has 2 aromatic heterocycles. The molecule has 5 aromatic rings. The van der Waals surface area contributed by atoms with Crippen LogP contribution >= 0.6 is 11.6 Å². The van der Waals surface area contributed by atoms with Gasteiger partial charge in [0, 0.05) is 35.7 Å². The van der Waals surface area contributed by atoms with Crippen LogP contribution in [0.25, 0.3) is 21.9 Å². The van der Waals surface area contributed by atoms with Crippen LogP contribution in [0, 0.1) is 0 Å². The second kappa shape index (κ2) is 7.73. The minimum atomic E-state index is 0.697. The highest BCUT2D eigenvalue weighted by molar-refractivity contribution is 6.30. The van der Waals surface area contributed by atoms with Crippen LogP contribution in [0.4, 0.5) is 5.69 Å². The topological polar surface area (TPSA) is 48.8 Å². The number of hydrogen-bond donors (Lipinski definition) is 1. The summed E-state index contributed by atoms with van der Waals surface area (Å²) in [7, 11) is 0. The maximum absolute atomic E-state index is 6.41. The minimum absolute atomic E-state index is 0.697. The van der Waals surface area contributed by atoms with Crippen LogP contribution in [0.5, 0.6) is 0 Å². The van der Waals surface area contributed by atoms with Crippen molar-refractivity contribution in [3.63, 3.8) is 0 Å². The van der Waals surface area contributed by atoms with E-state index >= 15 is 0 Å². The predicted molar refractivity (Wildman–Crippen MR) is 124 cm³/mol. The molecule has 0 aliphatic rings. The average Bonchev–Trinajstić information content (AvgIpc) is 3.35. The van der Waals surface area contributed by atoms with Gasteiger partial charge in [-0.2, -0.15) is 0 Å². The number of fused-ring (bicyclic) bond motifs is 1. The van der Waals surface area contributed by atoms with Crippen molar-refractivity contribution in [3.05, 3.63) is 108 Å². The Morgan fingerprint density at radius 3 is 2.50 bits per heavy atom. The normalized spacial score (nSPS) is 11.2. The van der Waals surface area contributed by atoms with Crippen LogP contribution in [-0.2, 0) is 13.1 Å². The molecular formula is C25H21ClN4. The Morgan fingerprint density at radius 2 is 1.63 bits per heavy atom. The standard InChI is InChI=1S/C25H21ClN4/c26-20-10-8-18(9-11-20)13-30-17-28-12-21(30)14-29-15-24(25(27)16-29)23-7-3-5-19-4-1-2-6-22(19)23/h1-12,15-17H,13-14,27H2. The molecule has 0 aliphatic carbocycles. The van der Waals surface area contributed by atoms with Crippen LogP contribution in [0.15, 0.2) is 91.6 Å². The Kier molecular flexibility index (Phi) is 4.77. The minimum Gasteiger partial charge on any atom is -0.397 e. The second-order valence-corrected chi connectivity index (χ2v) is 7.90. The highest BCUT2D eigenvalue weighted by Crippen LogP contribution is 2.33. The van der Waals surface area contributed by atoms with Crippen molar-refractivity contribution >= 4 is 28.1 Å². The number of nitrogens with two attached hydrogens (primary N) is 1. The van der Waals surface area contributed by atoms with Gasteiger partial charge in [0.15, 0.2) is 0 Å². The molecular weight excluding hydrogens is 392 g/mol. The number of nitrogen functional groups attached to an aromatic ring is 1. The van der Waals surface area contributed by atoms with E-state index in [1.165, 1.54) is 16.3 Å². The van der Waals surface area contributed by atoms with Gasteiger partial charge >= 0.3 is 0 Å². The molecule has 0 amide bonds. The summed E-state index contributed by atoms with van der Waals surface area (Å²) < 4.78 is 4.28. The van der Waals surface area contributed by atoms with Crippen molar-refractivity contribution in [1.82, 2.24) is 14.1 Å². The number of nitrogens with zero attached hydrogens (tertiary/aromatic N) is 3. The summed E-state index contributed by atoms with van der Waals surface area (Å²) in [6.07, 6.45) is 7.89. The van der Waals surface area contributed by atoms with Crippen molar-refractivity contribution in [2.75, 3.05) is 5.73 Å². The van der Waals surface area contributed by atoms with E-state index in [1.807, 2.05) is 43.0 Å². The fourth-order valence-electron chi connectivity index (χ4n) is 3.90. The van der Waals surface area contributed by atoms with E-state index in [0.717, 1.165) is 34.1 Å². The maximum atomic E-state index is 6.41.